The fourth-order valence-electron chi connectivity index (χ4n) is 2.85. The van der Waals surface area contributed by atoms with E-state index in [-0.39, 0.29) is 12.0 Å². The van der Waals surface area contributed by atoms with Crippen LogP contribution in [0.1, 0.15) is 54.0 Å². The maximum absolute atomic E-state index is 10.4. The number of aliphatic hydroxyl groups is 1. The standard InChI is InChI=1S/C20H35NO3/c1-14(2)21(15(3)4)12-16(22)13-24-19-10-9-17(23-8)11-18(19)20(5,6)7/h9-11,14-16,22H,12-13H2,1-8H3. The zero-order valence-electron chi connectivity index (χ0n) is 16.6. The van der Waals surface area contributed by atoms with Crippen molar-refractivity contribution in [3.8, 4) is 11.5 Å². The van der Waals surface area contributed by atoms with Crippen molar-refractivity contribution in [3.63, 3.8) is 0 Å². The predicted octanol–water partition coefficient (Wildman–Crippen LogP) is 3.85. The summed E-state index contributed by atoms with van der Waals surface area (Å²) in [6.45, 7) is 15.9. The van der Waals surface area contributed by atoms with E-state index in [9.17, 15) is 5.11 Å². The summed E-state index contributed by atoms with van der Waals surface area (Å²) in [6.07, 6.45) is -0.523. The number of aliphatic hydroxyl groups excluding tert-OH is 1. The number of ether oxygens (including phenoxy) is 2. The van der Waals surface area contributed by atoms with Crippen LogP contribution in [0.15, 0.2) is 18.2 Å². The summed E-state index contributed by atoms with van der Waals surface area (Å²) in [5.41, 5.74) is 1.02. The van der Waals surface area contributed by atoms with Crippen LogP contribution in [0.4, 0.5) is 0 Å². The fraction of sp³-hybridized carbons (Fsp3) is 0.700. The molecule has 138 valence electrons. The Bertz CT molecular complexity index is 498. The van der Waals surface area contributed by atoms with Crippen molar-refractivity contribution in [2.45, 2.75) is 72.1 Å². The third kappa shape index (κ3) is 5.99. The second-order valence-electron chi connectivity index (χ2n) is 7.96. The molecule has 1 aromatic carbocycles. The lowest BCUT2D eigenvalue weighted by Crippen LogP contribution is -2.43. The van der Waals surface area contributed by atoms with Crippen LogP contribution in [0.25, 0.3) is 0 Å². The number of hydrogen-bond acceptors (Lipinski definition) is 4. The summed E-state index contributed by atoms with van der Waals surface area (Å²) in [6, 6.07) is 6.62. The number of methoxy groups -OCH3 is 1. The summed E-state index contributed by atoms with van der Waals surface area (Å²) in [5, 5.41) is 10.4. The quantitative estimate of drug-likeness (QED) is 0.782. The third-order valence-electron chi connectivity index (χ3n) is 4.17. The molecule has 1 N–H and O–H groups in total. The van der Waals surface area contributed by atoms with Gasteiger partial charge in [0.25, 0.3) is 0 Å². The zero-order chi connectivity index (χ0) is 18.5. The zero-order valence-corrected chi connectivity index (χ0v) is 16.6. The molecule has 0 aliphatic heterocycles. The minimum Gasteiger partial charge on any atom is -0.497 e. The first kappa shape index (κ1) is 20.8. The summed E-state index contributed by atoms with van der Waals surface area (Å²) in [7, 11) is 1.67. The van der Waals surface area contributed by atoms with E-state index in [0.717, 1.165) is 17.1 Å². The SMILES string of the molecule is COc1ccc(OCC(O)CN(C(C)C)C(C)C)c(C(C)(C)C)c1. The summed E-state index contributed by atoms with van der Waals surface area (Å²) < 4.78 is 11.3. The highest BCUT2D eigenvalue weighted by molar-refractivity contribution is 5.44. The van der Waals surface area contributed by atoms with E-state index in [2.05, 4.69) is 53.4 Å². The van der Waals surface area contributed by atoms with Crippen molar-refractivity contribution >= 4 is 0 Å². The lowest BCUT2D eigenvalue weighted by molar-refractivity contribution is 0.0441. The van der Waals surface area contributed by atoms with Crippen molar-refractivity contribution in [1.29, 1.82) is 0 Å². The van der Waals surface area contributed by atoms with Crippen molar-refractivity contribution in [1.82, 2.24) is 4.90 Å². The van der Waals surface area contributed by atoms with Crippen molar-refractivity contribution in [2.75, 3.05) is 20.3 Å². The monoisotopic (exact) mass is 337 g/mol. The Morgan fingerprint density at radius 1 is 1.08 bits per heavy atom. The molecular weight excluding hydrogens is 302 g/mol. The first-order chi connectivity index (χ1) is 11.1. The molecule has 0 saturated heterocycles. The number of hydrogen-bond donors (Lipinski definition) is 1. The van der Waals surface area contributed by atoms with E-state index in [1.807, 2.05) is 18.2 Å². The average molecular weight is 338 g/mol. The van der Waals surface area contributed by atoms with Gasteiger partial charge in [0.15, 0.2) is 0 Å². The van der Waals surface area contributed by atoms with E-state index in [4.69, 9.17) is 9.47 Å². The van der Waals surface area contributed by atoms with Gasteiger partial charge in [-0.05, 0) is 51.3 Å². The van der Waals surface area contributed by atoms with Crippen LogP contribution in [0.2, 0.25) is 0 Å². The van der Waals surface area contributed by atoms with Gasteiger partial charge in [-0.15, -0.1) is 0 Å². The van der Waals surface area contributed by atoms with Gasteiger partial charge in [0.1, 0.15) is 24.2 Å². The first-order valence-electron chi connectivity index (χ1n) is 8.81. The molecule has 0 radical (unpaired) electrons. The van der Waals surface area contributed by atoms with Gasteiger partial charge in [-0.3, -0.25) is 4.90 Å². The summed E-state index contributed by atoms with van der Waals surface area (Å²) >= 11 is 0. The Morgan fingerprint density at radius 3 is 2.12 bits per heavy atom. The van der Waals surface area contributed by atoms with Crippen LogP contribution < -0.4 is 9.47 Å². The van der Waals surface area contributed by atoms with Crippen LogP contribution in [0.5, 0.6) is 11.5 Å². The molecule has 4 heteroatoms. The lowest BCUT2D eigenvalue weighted by Gasteiger charge is -2.32. The Hall–Kier alpha value is -1.26. The molecule has 0 aliphatic carbocycles. The van der Waals surface area contributed by atoms with Gasteiger partial charge in [0.05, 0.1) is 7.11 Å². The van der Waals surface area contributed by atoms with Crippen LogP contribution in [0.3, 0.4) is 0 Å². The van der Waals surface area contributed by atoms with Crippen molar-refractivity contribution in [2.24, 2.45) is 0 Å². The van der Waals surface area contributed by atoms with Gasteiger partial charge in [-0.1, -0.05) is 20.8 Å². The van der Waals surface area contributed by atoms with Gasteiger partial charge in [-0.25, -0.2) is 0 Å². The molecule has 4 nitrogen and oxygen atoms in total. The molecule has 0 amide bonds. The Morgan fingerprint density at radius 2 is 1.67 bits per heavy atom. The second-order valence-corrected chi connectivity index (χ2v) is 7.96. The average Bonchev–Trinajstić information content (AvgIpc) is 2.48. The van der Waals surface area contributed by atoms with Crippen LogP contribution in [-0.4, -0.2) is 48.5 Å². The molecule has 0 aliphatic rings. The van der Waals surface area contributed by atoms with Crippen LogP contribution in [0, 0.1) is 0 Å². The van der Waals surface area contributed by atoms with E-state index in [0.29, 0.717) is 18.6 Å². The molecule has 1 unspecified atom stereocenters. The lowest BCUT2D eigenvalue weighted by atomic mass is 9.86. The van der Waals surface area contributed by atoms with Crippen molar-refractivity contribution in [3.05, 3.63) is 23.8 Å². The van der Waals surface area contributed by atoms with Crippen LogP contribution in [-0.2, 0) is 5.41 Å². The molecule has 24 heavy (non-hydrogen) atoms. The highest BCUT2D eigenvalue weighted by Gasteiger charge is 2.22. The molecule has 0 bridgehead atoms. The fourth-order valence-corrected chi connectivity index (χ4v) is 2.85. The number of benzene rings is 1. The highest BCUT2D eigenvalue weighted by atomic mass is 16.5. The number of rotatable bonds is 8. The first-order valence-corrected chi connectivity index (χ1v) is 8.81. The van der Waals surface area contributed by atoms with E-state index >= 15 is 0 Å². The Balaban J connectivity index is 2.80. The second kappa shape index (κ2) is 8.72. The normalized spacial score (nSPS) is 13.7. The van der Waals surface area contributed by atoms with Gasteiger partial charge in [0, 0.05) is 24.2 Å². The summed E-state index contributed by atoms with van der Waals surface area (Å²) in [5.74, 6) is 1.63. The van der Waals surface area contributed by atoms with E-state index < -0.39 is 6.10 Å². The Labute approximate surface area is 147 Å². The molecule has 1 aromatic rings. The smallest absolute Gasteiger partial charge is 0.123 e. The molecule has 1 rings (SSSR count). The molecular formula is C20H35NO3. The summed E-state index contributed by atoms with van der Waals surface area (Å²) in [4.78, 5) is 2.27. The highest BCUT2D eigenvalue weighted by Crippen LogP contribution is 2.34. The molecule has 0 heterocycles. The van der Waals surface area contributed by atoms with Crippen molar-refractivity contribution < 1.29 is 14.6 Å². The van der Waals surface area contributed by atoms with E-state index in [1.54, 1.807) is 7.11 Å². The molecule has 1 atom stereocenters. The van der Waals surface area contributed by atoms with E-state index in [1.165, 1.54) is 0 Å². The van der Waals surface area contributed by atoms with Gasteiger partial charge in [0.2, 0.25) is 0 Å². The maximum atomic E-state index is 10.4. The number of nitrogens with zero attached hydrogens (tertiary/aromatic N) is 1. The third-order valence-corrected chi connectivity index (χ3v) is 4.17. The Kier molecular flexibility index (Phi) is 7.56. The molecule has 0 spiro atoms. The van der Waals surface area contributed by atoms with Gasteiger partial charge < -0.3 is 14.6 Å². The minimum absolute atomic E-state index is 0.0588. The van der Waals surface area contributed by atoms with Crippen LogP contribution >= 0.6 is 0 Å². The maximum Gasteiger partial charge on any atom is 0.123 e. The molecule has 0 fully saturated rings. The molecule has 0 aromatic heterocycles. The molecule has 0 saturated carbocycles. The van der Waals surface area contributed by atoms with Gasteiger partial charge in [-0.2, -0.15) is 0 Å². The largest absolute Gasteiger partial charge is 0.497 e. The predicted molar refractivity (Wildman–Crippen MR) is 100 cm³/mol. The van der Waals surface area contributed by atoms with Gasteiger partial charge >= 0.3 is 0 Å². The minimum atomic E-state index is -0.523. The topological polar surface area (TPSA) is 41.9 Å².